The molecule has 1 heterocycles. The summed E-state index contributed by atoms with van der Waals surface area (Å²) in [7, 11) is 0. The Balaban J connectivity index is 2.76. The van der Waals surface area contributed by atoms with Gasteiger partial charge in [-0.3, -0.25) is 0 Å². The molecule has 4 N–H and O–H groups in total. The molecule has 0 aromatic rings. The fourth-order valence-corrected chi connectivity index (χ4v) is 4.22. The second kappa shape index (κ2) is 5.16. The Morgan fingerprint density at radius 2 is 1.64 bits per heavy atom. The maximum absolute atomic E-state index is 10.4. The molecule has 7 heteroatoms. The first-order valence-electron chi connectivity index (χ1n) is 4.21. The molecule has 1 fully saturated rings. The van der Waals surface area contributed by atoms with E-state index in [1.165, 1.54) is 0 Å². The van der Waals surface area contributed by atoms with Crippen LogP contribution in [-0.2, 0) is 0 Å². The molecule has 14 heavy (non-hydrogen) atoms. The molecule has 1 aliphatic rings. The van der Waals surface area contributed by atoms with E-state index in [2.05, 4.69) is 5.18 Å². The van der Waals surface area contributed by atoms with Gasteiger partial charge in [-0.1, -0.05) is 0 Å². The van der Waals surface area contributed by atoms with E-state index in [0.717, 1.165) is 0 Å². The van der Waals surface area contributed by atoms with Gasteiger partial charge in [-0.15, -0.1) is 0 Å². The monoisotopic (exact) mass is 271 g/mol. The SMILES string of the molecule is O=NC1C(CO)[Se]C(CO)C(O)C1O. The Morgan fingerprint density at radius 1 is 1.07 bits per heavy atom. The van der Waals surface area contributed by atoms with Crippen molar-refractivity contribution in [2.75, 3.05) is 13.2 Å². The normalized spacial score (nSPS) is 43.6. The summed E-state index contributed by atoms with van der Waals surface area (Å²) < 4.78 is 0. The zero-order chi connectivity index (χ0) is 10.7. The zero-order valence-electron chi connectivity index (χ0n) is 7.35. The summed E-state index contributed by atoms with van der Waals surface area (Å²) in [5.74, 6) is 0. The van der Waals surface area contributed by atoms with E-state index >= 15 is 0 Å². The molecule has 5 unspecified atom stereocenters. The van der Waals surface area contributed by atoms with Crippen molar-refractivity contribution in [2.24, 2.45) is 5.18 Å². The van der Waals surface area contributed by atoms with Gasteiger partial charge in [0.25, 0.3) is 0 Å². The van der Waals surface area contributed by atoms with E-state index in [9.17, 15) is 15.1 Å². The minimum absolute atomic E-state index is 0.250. The first kappa shape index (κ1) is 12.0. The fraction of sp³-hybridized carbons (Fsp3) is 1.00. The van der Waals surface area contributed by atoms with Crippen LogP contribution in [0.25, 0.3) is 0 Å². The van der Waals surface area contributed by atoms with Crippen LogP contribution in [0.2, 0.25) is 9.63 Å². The van der Waals surface area contributed by atoms with Gasteiger partial charge in [-0.2, -0.15) is 0 Å². The Bertz CT molecular complexity index is 203. The summed E-state index contributed by atoms with van der Waals surface area (Å²) >= 11 is -0.291. The van der Waals surface area contributed by atoms with Crippen LogP contribution in [-0.4, -0.2) is 66.8 Å². The molecule has 82 valence electrons. The molecule has 0 bridgehead atoms. The molecule has 0 radical (unpaired) electrons. The van der Waals surface area contributed by atoms with Crippen LogP contribution in [0.15, 0.2) is 5.18 Å². The van der Waals surface area contributed by atoms with Gasteiger partial charge in [0.2, 0.25) is 0 Å². The minimum atomic E-state index is -1.28. The first-order chi connectivity index (χ1) is 6.65. The molecule has 1 aliphatic heterocycles. The van der Waals surface area contributed by atoms with E-state index in [0.29, 0.717) is 0 Å². The molecule has 0 spiro atoms. The summed E-state index contributed by atoms with van der Waals surface area (Å²) in [5, 5.41) is 39.5. The molecule has 5 atom stereocenters. The third-order valence-electron chi connectivity index (χ3n) is 2.29. The molecule has 0 saturated carbocycles. The van der Waals surface area contributed by atoms with Crippen LogP contribution >= 0.6 is 0 Å². The van der Waals surface area contributed by atoms with Crippen LogP contribution in [0.3, 0.4) is 0 Å². The predicted molar refractivity (Wildman–Crippen MR) is 49.0 cm³/mol. The van der Waals surface area contributed by atoms with Crippen LogP contribution < -0.4 is 0 Å². The van der Waals surface area contributed by atoms with Crippen molar-refractivity contribution >= 4 is 15.0 Å². The number of rotatable bonds is 3. The fourth-order valence-electron chi connectivity index (χ4n) is 1.46. The standard InChI is InChI=1S/C7H13NO5Se/c9-1-3-5(8-13)7(12)6(11)4(2-10)14-3/h3-7,9-12H,1-2H2. The van der Waals surface area contributed by atoms with E-state index in [1.54, 1.807) is 0 Å². The average molecular weight is 270 g/mol. The van der Waals surface area contributed by atoms with E-state index in [-0.39, 0.29) is 28.2 Å². The molecular formula is C7H13NO5Se. The van der Waals surface area contributed by atoms with Gasteiger partial charge < -0.3 is 0 Å². The Hall–Kier alpha value is -0.0405. The molecule has 1 rings (SSSR count). The summed E-state index contributed by atoms with van der Waals surface area (Å²) in [6, 6.07) is -0.960. The number of hydrogen-bond acceptors (Lipinski definition) is 6. The van der Waals surface area contributed by atoms with Crippen LogP contribution in [0, 0.1) is 4.91 Å². The van der Waals surface area contributed by atoms with Gasteiger partial charge in [0.05, 0.1) is 0 Å². The molecule has 0 aromatic heterocycles. The number of aliphatic hydroxyl groups is 4. The van der Waals surface area contributed by atoms with Crippen molar-refractivity contribution in [1.82, 2.24) is 0 Å². The van der Waals surface area contributed by atoms with Crippen LogP contribution in [0.5, 0.6) is 0 Å². The van der Waals surface area contributed by atoms with Gasteiger partial charge in [-0.25, -0.2) is 0 Å². The Kier molecular flexibility index (Phi) is 4.43. The van der Waals surface area contributed by atoms with Crippen molar-refractivity contribution in [3.63, 3.8) is 0 Å². The summed E-state index contributed by atoms with van der Waals surface area (Å²) in [6.07, 6.45) is -2.40. The van der Waals surface area contributed by atoms with E-state index < -0.39 is 27.9 Å². The summed E-state index contributed by atoms with van der Waals surface area (Å²) in [6.45, 7) is -0.503. The van der Waals surface area contributed by atoms with Gasteiger partial charge in [-0.05, 0) is 0 Å². The quantitative estimate of drug-likeness (QED) is 0.354. The third-order valence-corrected chi connectivity index (χ3v) is 5.56. The van der Waals surface area contributed by atoms with Crippen molar-refractivity contribution in [1.29, 1.82) is 0 Å². The van der Waals surface area contributed by atoms with Crippen LogP contribution in [0.1, 0.15) is 0 Å². The zero-order valence-corrected chi connectivity index (χ0v) is 9.07. The van der Waals surface area contributed by atoms with Gasteiger partial charge in [0.15, 0.2) is 0 Å². The molecular weight excluding hydrogens is 257 g/mol. The maximum atomic E-state index is 10.4. The van der Waals surface area contributed by atoms with Crippen molar-refractivity contribution in [3.8, 4) is 0 Å². The second-order valence-corrected chi connectivity index (χ2v) is 6.27. The van der Waals surface area contributed by atoms with Gasteiger partial charge in [0, 0.05) is 0 Å². The number of aliphatic hydroxyl groups excluding tert-OH is 4. The molecule has 0 aromatic carbocycles. The molecule has 1 saturated heterocycles. The first-order valence-corrected chi connectivity index (χ1v) is 6.19. The van der Waals surface area contributed by atoms with Crippen molar-refractivity contribution in [2.45, 2.75) is 27.9 Å². The summed E-state index contributed by atoms with van der Waals surface area (Å²) in [4.78, 5) is 9.54. The van der Waals surface area contributed by atoms with E-state index in [1.807, 2.05) is 0 Å². The average Bonchev–Trinajstić information content (AvgIpc) is 2.21. The number of nitroso groups, excluding NO2 is 1. The molecule has 0 amide bonds. The topological polar surface area (TPSA) is 110 Å². The molecule has 6 nitrogen and oxygen atoms in total. The van der Waals surface area contributed by atoms with Crippen LogP contribution in [0.4, 0.5) is 0 Å². The van der Waals surface area contributed by atoms with Gasteiger partial charge in [0.1, 0.15) is 0 Å². The predicted octanol–water partition coefficient (Wildman–Crippen LogP) is -1.88. The van der Waals surface area contributed by atoms with Gasteiger partial charge >= 0.3 is 86.6 Å². The number of hydrogen-bond donors (Lipinski definition) is 4. The van der Waals surface area contributed by atoms with Crippen molar-refractivity contribution in [3.05, 3.63) is 4.91 Å². The second-order valence-electron chi connectivity index (χ2n) is 3.16. The Labute approximate surface area is 87.1 Å². The summed E-state index contributed by atoms with van der Waals surface area (Å²) in [5.41, 5.74) is 0. The number of nitrogens with zero attached hydrogens (tertiary/aromatic N) is 1. The molecule has 0 aliphatic carbocycles. The van der Waals surface area contributed by atoms with E-state index in [4.69, 9.17) is 10.2 Å². The van der Waals surface area contributed by atoms with Crippen molar-refractivity contribution < 1.29 is 20.4 Å². The Morgan fingerprint density at radius 3 is 2.07 bits per heavy atom. The third kappa shape index (κ3) is 2.13.